The quantitative estimate of drug-likeness (QED) is 0.627. The van der Waals surface area contributed by atoms with E-state index in [1.54, 1.807) is 18.2 Å². The second kappa shape index (κ2) is 6.59. The van der Waals surface area contributed by atoms with E-state index in [4.69, 9.17) is 0 Å². The zero-order valence-corrected chi connectivity index (χ0v) is 13.7. The zero-order chi connectivity index (χ0) is 17.2. The summed E-state index contributed by atoms with van der Waals surface area (Å²) in [5, 5.41) is 2.81. The third-order valence-corrected chi connectivity index (χ3v) is 5.86. The largest absolute Gasteiger partial charge is 0.342 e. The number of nitrogens with one attached hydrogen (secondary N) is 1. The molecule has 1 fully saturated rings. The van der Waals surface area contributed by atoms with Gasteiger partial charge >= 0.3 is 7.52 Å². The molecule has 1 heterocycles. The van der Waals surface area contributed by atoms with Crippen LogP contribution >= 0.6 is 7.52 Å². The van der Waals surface area contributed by atoms with Crippen molar-refractivity contribution in [1.82, 2.24) is 9.99 Å². The maximum atomic E-state index is 12.5. The van der Waals surface area contributed by atoms with Crippen molar-refractivity contribution >= 4 is 24.6 Å². The lowest BCUT2D eigenvalue weighted by Gasteiger charge is -2.40. The van der Waals surface area contributed by atoms with Crippen molar-refractivity contribution < 1.29 is 19.0 Å². The Labute approximate surface area is 139 Å². The van der Waals surface area contributed by atoms with Crippen molar-refractivity contribution in [3.63, 3.8) is 0 Å². The number of amides is 2. The molecule has 124 valence electrons. The molecule has 24 heavy (non-hydrogen) atoms. The Balaban J connectivity index is 1.59. The second-order valence-electron chi connectivity index (χ2n) is 5.58. The van der Waals surface area contributed by atoms with Crippen molar-refractivity contribution in [3.05, 3.63) is 66.2 Å². The minimum Gasteiger partial charge on any atom is -0.342 e. The van der Waals surface area contributed by atoms with Gasteiger partial charge < -0.3 is 10.2 Å². The highest BCUT2D eigenvalue weighted by atomic mass is 31.2. The van der Waals surface area contributed by atoms with E-state index in [0.29, 0.717) is 0 Å². The lowest BCUT2D eigenvalue weighted by Crippen LogP contribution is -2.63. The number of carbonyl (C=O) groups is 2. The molecule has 2 aromatic rings. The van der Waals surface area contributed by atoms with Crippen molar-refractivity contribution in [2.24, 2.45) is 0 Å². The lowest BCUT2D eigenvalue weighted by atomic mass is 10.1. The van der Waals surface area contributed by atoms with Crippen LogP contribution in [0.25, 0.3) is 0 Å². The Morgan fingerprint density at radius 2 is 1.71 bits per heavy atom. The number of benzene rings is 2. The molecule has 1 aliphatic heterocycles. The molecule has 2 amide bonds. The van der Waals surface area contributed by atoms with Crippen LogP contribution in [0.2, 0.25) is 0 Å². The molecule has 0 aromatic heterocycles. The van der Waals surface area contributed by atoms with Gasteiger partial charge in [0.1, 0.15) is 6.04 Å². The highest BCUT2D eigenvalue weighted by Crippen LogP contribution is 2.47. The van der Waals surface area contributed by atoms with Crippen LogP contribution in [0.4, 0.5) is 0 Å². The van der Waals surface area contributed by atoms with Crippen LogP contribution < -0.4 is 10.6 Å². The van der Waals surface area contributed by atoms with Crippen LogP contribution in [0.1, 0.15) is 5.56 Å². The third kappa shape index (κ3) is 3.25. The normalized spacial score (nSPS) is 19.3. The van der Waals surface area contributed by atoms with Crippen LogP contribution in [0.5, 0.6) is 0 Å². The minimum absolute atomic E-state index is 0.0298. The second-order valence-corrected chi connectivity index (χ2v) is 7.67. The van der Waals surface area contributed by atoms with Crippen molar-refractivity contribution in [1.29, 1.82) is 0 Å². The van der Waals surface area contributed by atoms with E-state index < -0.39 is 19.5 Å². The van der Waals surface area contributed by atoms with E-state index in [1.807, 2.05) is 30.3 Å². The van der Waals surface area contributed by atoms with E-state index in [9.17, 15) is 19.0 Å². The molecule has 6 nitrogen and oxygen atoms in total. The zero-order valence-electron chi connectivity index (χ0n) is 12.8. The Morgan fingerprint density at radius 1 is 1.12 bits per heavy atom. The SMILES string of the molecule is O=C(Cc1ccccc1)N[C@H]1CN(P(=O)(O)c2ccccc2)C1=O. The van der Waals surface area contributed by atoms with Crippen molar-refractivity contribution in [2.75, 3.05) is 6.54 Å². The molecule has 7 heteroatoms. The molecule has 3 rings (SSSR count). The molecule has 1 aliphatic rings. The fourth-order valence-electron chi connectivity index (χ4n) is 2.55. The molecule has 1 saturated heterocycles. The highest BCUT2D eigenvalue weighted by Gasteiger charge is 2.47. The summed E-state index contributed by atoms with van der Waals surface area (Å²) in [7, 11) is -3.92. The summed E-state index contributed by atoms with van der Waals surface area (Å²) in [6, 6.07) is 16.5. The van der Waals surface area contributed by atoms with Crippen LogP contribution in [0, 0.1) is 0 Å². The molecule has 0 spiro atoms. The summed E-state index contributed by atoms with van der Waals surface area (Å²) in [5.41, 5.74) is 0.843. The Bertz CT molecular complexity index is 795. The molecule has 0 bridgehead atoms. The number of β-lactam (4-membered cyclic amide) rings is 1. The molecule has 0 aliphatic carbocycles. The van der Waals surface area contributed by atoms with Crippen LogP contribution in [-0.2, 0) is 20.6 Å². The van der Waals surface area contributed by atoms with Crippen molar-refractivity contribution in [2.45, 2.75) is 12.5 Å². The number of rotatable bonds is 5. The highest BCUT2D eigenvalue weighted by molar-refractivity contribution is 7.64. The summed E-state index contributed by atoms with van der Waals surface area (Å²) in [6.45, 7) is 0.0298. The fraction of sp³-hybridized carbons (Fsp3) is 0.176. The number of hydrogen-bond donors (Lipinski definition) is 2. The molecular formula is C17H17N2O4P. The molecule has 0 saturated carbocycles. The van der Waals surface area contributed by atoms with E-state index in [0.717, 1.165) is 10.2 Å². The van der Waals surface area contributed by atoms with Gasteiger partial charge in [-0.05, 0) is 17.7 Å². The molecule has 0 radical (unpaired) electrons. The van der Waals surface area contributed by atoms with E-state index in [1.165, 1.54) is 12.1 Å². The maximum Gasteiger partial charge on any atom is 0.326 e. The molecule has 2 N–H and O–H groups in total. The standard InChI is InChI=1S/C17H17N2O4P/c20-16(11-13-7-3-1-4-8-13)18-15-12-19(17(15)21)24(22,23)14-9-5-2-6-10-14/h1-10,15H,11-12H2,(H,18,20)(H,22,23)/t15-/m0/s1. The summed E-state index contributed by atoms with van der Waals surface area (Å²) in [5.74, 6) is -0.821. The summed E-state index contributed by atoms with van der Waals surface area (Å²) in [4.78, 5) is 34.3. The topological polar surface area (TPSA) is 86.7 Å². The van der Waals surface area contributed by atoms with Gasteiger partial charge in [-0.3, -0.25) is 18.8 Å². The summed E-state index contributed by atoms with van der Waals surface area (Å²) in [6.07, 6.45) is 0.167. The first-order chi connectivity index (χ1) is 11.5. The summed E-state index contributed by atoms with van der Waals surface area (Å²) >= 11 is 0. The number of hydrogen-bond acceptors (Lipinski definition) is 3. The average molecular weight is 344 g/mol. The van der Waals surface area contributed by atoms with Crippen LogP contribution in [0.3, 0.4) is 0 Å². The van der Waals surface area contributed by atoms with Gasteiger partial charge in [0, 0.05) is 0 Å². The van der Waals surface area contributed by atoms with Gasteiger partial charge in [0.25, 0.3) is 5.91 Å². The summed E-state index contributed by atoms with van der Waals surface area (Å²) < 4.78 is 13.4. The average Bonchev–Trinajstić information content (AvgIpc) is 2.59. The lowest BCUT2D eigenvalue weighted by molar-refractivity contribution is -0.140. The predicted molar refractivity (Wildman–Crippen MR) is 89.7 cm³/mol. The molecule has 1 unspecified atom stereocenters. The Morgan fingerprint density at radius 3 is 2.29 bits per heavy atom. The first kappa shape index (κ1) is 16.4. The number of nitrogens with zero attached hydrogens (tertiary/aromatic N) is 1. The van der Waals surface area contributed by atoms with Gasteiger partial charge in [-0.15, -0.1) is 0 Å². The van der Waals surface area contributed by atoms with Crippen LogP contribution in [0.15, 0.2) is 60.7 Å². The minimum atomic E-state index is -3.92. The molecule has 2 aromatic carbocycles. The first-order valence-corrected chi connectivity index (χ1v) is 9.13. The molecular weight excluding hydrogens is 327 g/mol. The Kier molecular flexibility index (Phi) is 4.51. The van der Waals surface area contributed by atoms with Crippen molar-refractivity contribution in [3.8, 4) is 0 Å². The Hall–Kier alpha value is -2.43. The van der Waals surface area contributed by atoms with E-state index in [-0.39, 0.29) is 24.2 Å². The van der Waals surface area contributed by atoms with Gasteiger partial charge in [-0.1, -0.05) is 48.5 Å². The third-order valence-electron chi connectivity index (χ3n) is 3.87. The van der Waals surface area contributed by atoms with Crippen LogP contribution in [-0.4, -0.2) is 34.0 Å². The van der Waals surface area contributed by atoms with Gasteiger partial charge in [0.05, 0.1) is 18.3 Å². The van der Waals surface area contributed by atoms with Gasteiger partial charge in [-0.2, -0.15) is 0 Å². The maximum absolute atomic E-state index is 12.5. The van der Waals surface area contributed by atoms with Gasteiger partial charge in [0.15, 0.2) is 0 Å². The van der Waals surface area contributed by atoms with E-state index in [2.05, 4.69) is 5.32 Å². The van der Waals surface area contributed by atoms with Gasteiger partial charge in [0.2, 0.25) is 5.91 Å². The smallest absolute Gasteiger partial charge is 0.326 e. The first-order valence-electron chi connectivity index (χ1n) is 7.52. The molecule has 2 atom stereocenters. The number of carbonyl (C=O) groups excluding carboxylic acids is 2. The predicted octanol–water partition coefficient (Wildman–Crippen LogP) is 1.07. The van der Waals surface area contributed by atoms with Gasteiger partial charge in [-0.25, -0.2) is 0 Å². The monoisotopic (exact) mass is 344 g/mol. The van der Waals surface area contributed by atoms with E-state index >= 15 is 0 Å². The fourth-order valence-corrected chi connectivity index (χ4v) is 4.18.